The highest BCUT2D eigenvalue weighted by Crippen LogP contribution is 2.24. The van der Waals surface area contributed by atoms with Crippen molar-refractivity contribution in [2.24, 2.45) is 0 Å². The van der Waals surface area contributed by atoms with E-state index in [1.54, 1.807) is 24.3 Å². The molecule has 1 aliphatic rings. The molecular weight excluding hydrogens is 326 g/mol. The van der Waals surface area contributed by atoms with E-state index in [0.717, 1.165) is 17.7 Å². The minimum absolute atomic E-state index is 0.0481. The summed E-state index contributed by atoms with van der Waals surface area (Å²) in [6.45, 7) is 1.26. The fourth-order valence-electron chi connectivity index (χ4n) is 3.24. The van der Waals surface area contributed by atoms with Crippen molar-refractivity contribution in [2.45, 2.75) is 12.5 Å². The van der Waals surface area contributed by atoms with Crippen LogP contribution in [0.25, 0.3) is 11.3 Å². The minimum Gasteiger partial charge on any atom is -0.336 e. The topological polar surface area (TPSA) is 74.8 Å². The first-order chi connectivity index (χ1) is 12.7. The van der Waals surface area contributed by atoms with E-state index in [1.165, 1.54) is 0 Å². The SMILES string of the molecule is N#Cc1cccc(C(=O)N2CC[C@H](n3cc(-c4ccccc4)nn3)C2)c1. The summed E-state index contributed by atoms with van der Waals surface area (Å²) in [5, 5.41) is 17.5. The van der Waals surface area contributed by atoms with Crippen LogP contribution in [-0.2, 0) is 0 Å². The van der Waals surface area contributed by atoms with Gasteiger partial charge in [-0.3, -0.25) is 4.79 Å². The molecule has 1 aromatic heterocycles. The summed E-state index contributed by atoms with van der Waals surface area (Å²) in [6.07, 6.45) is 2.77. The molecule has 6 nitrogen and oxygen atoms in total. The van der Waals surface area contributed by atoms with Crippen LogP contribution in [0.4, 0.5) is 0 Å². The lowest BCUT2D eigenvalue weighted by Gasteiger charge is -2.16. The monoisotopic (exact) mass is 343 g/mol. The van der Waals surface area contributed by atoms with Crippen LogP contribution in [0.3, 0.4) is 0 Å². The predicted molar refractivity (Wildman–Crippen MR) is 96.2 cm³/mol. The average molecular weight is 343 g/mol. The molecule has 1 amide bonds. The van der Waals surface area contributed by atoms with Crippen LogP contribution in [0.1, 0.15) is 28.4 Å². The zero-order valence-corrected chi connectivity index (χ0v) is 14.1. The van der Waals surface area contributed by atoms with Gasteiger partial charge in [-0.2, -0.15) is 5.26 Å². The second kappa shape index (κ2) is 6.81. The van der Waals surface area contributed by atoms with E-state index < -0.39 is 0 Å². The van der Waals surface area contributed by atoms with E-state index in [-0.39, 0.29) is 11.9 Å². The molecule has 6 heteroatoms. The maximum Gasteiger partial charge on any atom is 0.253 e. The smallest absolute Gasteiger partial charge is 0.253 e. The number of aromatic nitrogens is 3. The van der Waals surface area contributed by atoms with Crippen molar-refractivity contribution in [3.05, 3.63) is 71.9 Å². The Morgan fingerprint density at radius 2 is 2.00 bits per heavy atom. The molecule has 1 fully saturated rings. The molecule has 0 aliphatic carbocycles. The van der Waals surface area contributed by atoms with Gasteiger partial charge in [-0.1, -0.05) is 41.6 Å². The quantitative estimate of drug-likeness (QED) is 0.733. The van der Waals surface area contributed by atoms with Gasteiger partial charge in [0.25, 0.3) is 5.91 Å². The summed E-state index contributed by atoms with van der Waals surface area (Å²) in [4.78, 5) is 14.5. The Labute approximate surface area is 151 Å². The molecule has 128 valence electrons. The Morgan fingerprint density at radius 1 is 1.15 bits per heavy atom. The second-order valence-corrected chi connectivity index (χ2v) is 6.34. The highest BCUT2D eigenvalue weighted by atomic mass is 16.2. The minimum atomic E-state index is -0.0481. The van der Waals surface area contributed by atoms with Gasteiger partial charge in [-0.15, -0.1) is 5.10 Å². The fourth-order valence-corrected chi connectivity index (χ4v) is 3.24. The van der Waals surface area contributed by atoms with Crippen LogP contribution in [-0.4, -0.2) is 38.9 Å². The van der Waals surface area contributed by atoms with Crippen molar-refractivity contribution >= 4 is 5.91 Å². The first kappa shape index (κ1) is 16.0. The molecule has 1 aliphatic heterocycles. The normalized spacial score (nSPS) is 16.4. The molecule has 26 heavy (non-hydrogen) atoms. The van der Waals surface area contributed by atoms with E-state index in [0.29, 0.717) is 24.2 Å². The van der Waals surface area contributed by atoms with Gasteiger partial charge in [0, 0.05) is 24.2 Å². The van der Waals surface area contributed by atoms with Gasteiger partial charge >= 0.3 is 0 Å². The van der Waals surface area contributed by atoms with Gasteiger partial charge in [0.2, 0.25) is 0 Å². The highest BCUT2D eigenvalue weighted by Gasteiger charge is 2.29. The van der Waals surface area contributed by atoms with Crippen molar-refractivity contribution < 1.29 is 4.79 Å². The summed E-state index contributed by atoms with van der Waals surface area (Å²) >= 11 is 0. The van der Waals surface area contributed by atoms with Gasteiger partial charge in [0.1, 0.15) is 5.69 Å². The van der Waals surface area contributed by atoms with Crippen molar-refractivity contribution in [2.75, 3.05) is 13.1 Å². The summed E-state index contributed by atoms with van der Waals surface area (Å²) < 4.78 is 1.85. The first-order valence-corrected chi connectivity index (χ1v) is 8.51. The molecule has 1 saturated heterocycles. The average Bonchev–Trinajstić information content (AvgIpc) is 3.38. The van der Waals surface area contributed by atoms with E-state index in [2.05, 4.69) is 16.4 Å². The zero-order chi connectivity index (χ0) is 17.9. The molecule has 0 unspecified atom stereocenters. The first-order valence-electron chi connectivity index (χ1n) is 8.51. The van der Waals surface area contributed by atoms with Crippen LogP contribution in [0.2, 0.25) is 0 Å². The van der Waals surface area contributed by atoms with E-state index >= 15 is 0 Å². The maximum absolute atomic E-state index is 12.7. The molecule has 0 bridgehead atoms. The zero-order valence-electron chi connectivity index (χ0n) is 14.1. The number of nitriles is 1. The summed E-state index contributed by atoms with van der Waals surface area (Å²) in [5.41, 5.74) is 2.90. The lowest BCUT2D eigenvalue weighted by atomic mass is 10.1. The lowest BCUT2D eigenvalue weighted by Crippen LogP contribution is -2.29. The van der Waals surface area contributed by atoms with Crippen LogP contribution < -0.4 is 0 Å². The number of carbonyl (C=O) groups is 1. The summed E-state index contributed by atoms with van der Waals surface area (Å²) in [7, 11) is 0. The molecule has 2 aromatic carbocycles. The van der Waals surface area contributed by atoms with Gasteiger partial charge in [0.05, 0.1) is 23.9 Å². The second-order valence-electron chi connectivity index (χ2n) is 6.34. The maximum atomic E-state index is 12.7. The summed E-state index contributed by atoms with van der Waals surface area (Å²) in [5.74, 6) is -0.0481. The predicted octanol–water partition coefficient (Wildman–Crippen LogP) is 2.90. The molecule has 2 heterocycles. The molecule has 4 rings (SSSR count). The number of rotatable bonds is 3. The van der Waals surface area contributed by atoms with Crippen LogP contribution in [0, 0.1) is 11.3 Å². The van der Waals surface area contributed by atoms with Crippen LogP contribution in [0.5, 0.6) is 0 Å². The Balaban J connectivity index is 1.48. The highest BCUT2D eigenvalue weighted by molar-refractivity contribution is 5.94. The van der Waals surface area contributed by atoms with Gasteiger partial charge in [-0.25, -0.2) is 4.68 Å². The standard InChI is InChI=1S/C20H17N5O/c21-12-15-5-4-8-17(11-15)20(26)24-10-9-18(13-24)25-14-19(22-23-25)16-6-2-1-3-7-16/h1-8,11,14,18H,9-10,13H2/t18-/m0/s1. The van der Waals surface area contributed by atoms with Gasteiger partial charge in [-0.05, 0) is 24.6 Å². The number of hydrogen-bond acceptors (Lipinski definition) is 4. The van der Waals surface area contributed by atoms with Crippen molar-refractivity contribution in [3.63, 3.8) is 0 Å². The van der Waals surface area contributed by atoms with Gasteiger partial charge in [0.15, 0.2) is 0 Å². The Kier molecular flexibility index (Phi) is 4.20. The van der Waals surface area contributed by atoms with Crippen molar-refractivity contribution in [1.82, 2.24) is 19.9 Å². The van der Waals surface area contributed by atoms with Gasteiger partial charge < -0.3 is 4.90 Å². The van der Waals surface area contributed by atoms with E-state index in [9.17, 15) is 4.79 Å². The molecule has 0 N–H and O–H groups in total. The third-order valence-electron chi connectivity index (χ3n) is 4.64. The molecule has 0 spiro atoms. The third kappa shape index (κ3) is 3.07. The van der Waals surface area contributed by atoms with E-state index in [1.807, 2.05) is 46.1 Å². The van der Waals surface area contributed by atoms with E-state index in [4.69, 9.17) is 5.26 Å². The molecule has 3 aromatic rings. The Morgan fingerprint density at radius 3 is 2.81 bits per heavy atom. The number of carbonyl (C=O) groups excluding carboxylic acids is 1. The third-order valence-corrected chi connectivity index (χ3v) is 4.64. The fraction of sp³-hybridized carbons (Fsp3) is 0.200. The van der Waals surface area contributed by atoms with Crippen LogP contribution >= 0.6 is 0 Å². The Bertz CT molecular complexity index is 973. The largest absolute Gasteiger partial charge is 0.336 e. The molecule has 0 saturated carbocycles. The van der Waals surface area contributed by atoms with Crippen LogP contribution in [0.15, 0.2) is 60.8 Å². The number of hydrogen-bond donors (Lipinski definition) is 0. The number of amides is 1. The lowest BCUT2D eigenvalue weighted by molar-refractivity contribution is 0.0787. The van der Waals surface area contributed by atoms with Crippen molar-refractivity contribution in [1.29, 1.82) is 5.26 Å². The number of likely N-dealkylation sites (tertiary alicyclic amines) is 1. The molecular formula is C20H17N5O. The molecule has 0 radical (unpaired) electrons. The number of benzene rings is 2. The Hall–Kier alpha value is -3.46. The van der Waals surface area contributed by atoms with Crippen molar-refractivity contribution in [3.8, 4) is 17.3 Å². The number of nitrogens with zero attached hydrogens (tertiary/aromatic N) is 5. The molecule has 1 atom stereocenters. The summed E-state index contributed by atoms with van der Waals surface area (Å²) in [6, 6.07) is 18.9.